The predicted octanol–water partition coefficient (Wildman–Crippen LogP) is 0.583. The highest BCUT2D eigenvalue weighted by molar-refractivity contribution is 5.76. The van der Waals surface area contributed by atoms with Crippen LogP contribution < -0.4 is 20.7 Å². The Morgan fingerprint density at radius 1 is 1.07 bits per heavy atom. The molecule has 0 saturated heterocycles. The Kier molecular flexibility index (Phi) is 3.17. The fourth-order valence-electron chi connectivity index (χ4n) is 1.47. The van der Waals surface area contributed by atoms with Crippen molar-refractivity contribution in [3.63, 3.8) is 0 Å². The van der Waals surface area contributed by atoms with Crippen LogP contribution in [0.2, 0.25) is 0 Å². The van der Waals surface area contributed by atoms with Gasteiger partial charge in [-0.2, -0.15) is 0 Å². The normalized spacial score (nSPS) is 11.1. The Morgan fingerprint density at radius 2 is 1.53 bits per heavy atom. The van der Waals surface area contributed by atoms with Gasteiger partial charge in [-0.05, 0) is 20.8 Å². The van der Waals surface area contributed by atoms with E-state index in [0.717, 1.165) is 6.54 Å². The van der Waals surface area contributed by atoms with Crippen LogP contribution in [0.3, 0.4) is 0 Å². The highest BCUT2D eigenvalue weighted by Crippen LogP contribution is 2.23. The van der Waals surface area contributed by atoms with Gasteiger partial charge in [-0.1, -0.05) is 0 Å². The maximum absolute atomic E-state index is 11.5. The van der Waals surface area contributed by atoms with Gasteiger partial charge < -0.3 is 9.80 Å². The Bertz CT molecular complexity index is 416. The minimum Gasteiger partial charge on any atom is -0.370 e. The topological polar surface area (TPSA) is 40.6 Å². The van der Waals surface area contributed by atoms with E-state index in [0.29, 0.717) is 11.4 Å². The summed E-state index contributed by atoms with van der Waals surface area (Å²) >= 11 is 0. The van der Waals surface area contributed by atoms with E-state index in [1.165, 1.54) is 0 Å². The zero-order valence-electron chi connectivity index (χ0n) is 10.00. The zero-order valence-corrected chi connectivity index (χ0v) is 10.00. The first-order valence-corrected chi connectivity index (χ1v) is 5.19. The fourth-order valence-corrected chi connectivity index (χ4v) is 1.47. The SMILES string of the molecule is CCN(C)c1c(N(C)C(C)C)c(=O)c1=O. The molecule has 0 saturated carbocycles. The summed E-state index contributed by atoms with van der Waals surface area (Å²) < 4.78 is 0. The molecule has 1 aromatic rings. The van der Waals surface area contributed by atoms with E-state index in [1.807, 2.05) is 44.7 Å². The molecule has 0 spiro atoms. The minimum atomic E-state index is -0.360. The number of hydrogen-bond acceptors (Lipinski definition) is 4. The second-order valence-electron chi connectivity index (χ2n) is 4.07. The molecule has 1 aromatic carbocycles. The van der Waals surface area contributed by atoms with Gasteiger partial charge in [0.2, 0.25) is 0 Å². The maximum Gasteiger partial charge on any atom is 0.253 e. The van der Waals surface area contributed by atoms with Crippen molar-refractivity contribution in [3.8, 4) is 0 Å². The average molecular weight is 210 g/mol. The van der Waals surface area contributed by atoms with Crippen LogP contribution in [0.4, 0.5) is 11.4 Å². The van der Waals surface area contributed by atoms with Crippen LogP contribution in [0.25, 0.3) is 0 Å². The molecule has 0 heterocycles. The van der Waals surface area contributed by atoms with Crippen molar-refractivity contribution in [1.29, 1.82) is 0 Å². The third kappa shape index (κ3) is 1.76. The molecule has 84 valence electrons. The molecule has 1 rings (SSSR count). The van der Waals surface area contributed by atoms with Crippen molar-refractivity contribution in [2.75, 3.05) is 30.4 Å². The quantitative estimate of drug-likeness (QED) is 0.682. The molecule has 0 bridgehead atoms. The van der Waals surface area contributed by atoms with Crippen LogP contribution in [0.5, 0.6) is 0 Å². The van der Waals surface area contributed by atoms with Crippen LogP contribution >= 0.6 is 0 Å². The molecular formula is C11H18N2O2. The molecule has 0 aliphatic carbocycles. The summed E-state index contributed by atoms with van der Waals surface area (Å²) in [6, 6.07) is 0.220. The molecule has 0 aliphatic heterocycles. The molecule has 0 N–H and O–H groups in total. The molecule has 0 fully saturated rings. The van der Waals surface area contributed by atoms with E-state index in [-0.39, 0.29) is 16.9 Å². The van der Waals surface area contributed by atoms with Gasteiger partial charge in [0.1, 0.15) is 11.4 Å². The number of hydrogen-bond donors (Lipinski definition) is 0. The van der Waals surface area contributed by atoms with Crippen molar-refractivity contribution in [2.24, 2.45) is 0 Å². The van der Waals surface area contributed by atoms with Crippen LogP contribution in [0, 0.1) is 0 Å². The minimum absolute atomic E-state index is 0.220. The molecular weight excluding hydrogens is 192 g/mol. The first-order chi connectivity index (χ1) is 6.91. The highest BCUT2D eigenvalue weighted by Gasteiger charge is 2.27. The van der Waals surface area contributed by atoms with E-state index in [9.17, 15) is 9.59 Å². The van der Waals surface area contributed by atoms with E-state index in [4.69, 9.17) is 0 Å². The third-order valence-electron chi connectivity index (χ3n) is 2.84. The lowest BCUT2D eigenvalue weighted by molar-refractivity contribution is 0.744. The summed E-state index contributed by atoms with van der Waals surface area (Å²) in [4.78, 5) is 26.6. The smallest absolute Gasteiger partial charge is 0.253 e. The lowest BCUT2D eigenvalue weighted by atomic mass is 10.1. The summed E-state index contributed by atoms with van der Waals surface area (Å²) in [5, 5.41) is 0. The molecule has 4 nitrogen and oxygen atoms in total. The van der Waals surface area contributed by atoms with Gasteiger partial charge in [-0.3, -0.25) is 9.59 Å². The monoisotopic (exact) mass is 210 g/mol. The van der Waals surface area contributed by atoms with Crippen molar-refractivity contribution in [2.45, 2.75) is 26.8 Å². The molecule has 4 heteroatoms. The third-order valence-corrected chi connectivity index (χ3v) is 2.84. The average Bonchev–Trinajstić information content (AvgIpc) is 2.22. The van der Waals surface area contributed by atoms with Crippen molar-refractivity contribution in [1.82, 2.24) is 0 Å². The van der Waals surface area contributed by atoms with Gasteiger partial charge in [0, 0.05) is 26.7 Å². The standard InChI is InChI=1S/C11H18N2O2/c1-6-12(4)8-9(11(15)10(8)14)13(5)7(2)3/h7H,6H2,1-5H3. The molecule has 0 amide bonds. The van der Waals surface area contributed by atoms with Gasteiger partial charge in [0.05, 0.1) is 0 Å². The van der Waals surface area contributed by atoms with Gasteiger partial charge in [-0.15, -0.1) is 0 Å². The molecule has 0 radical (unpaired) electrons. The van der Waals surface area contributed by atoms with Gasteiger partial charge >= 0.3 is 0 Å². The van der Waals surface area contributed by atoms with Crippen molar-refractivity contribution < 1.29 is 0 Å². The summed E-state index contributed by atoms with van der Waals surface area (Å²) in [6.45, 7) is 6.67. The summed E-state index contributed by atoms with van der Waals surface area (Å²) in [5.41, 5.74) is 0.390. The van der Waals surface area contributed by atoms with Gasteiger partial charge in [0.25, 0.3) is 10.9 Å². The first kappa shape index (κ1) is 11.8. The summed E-state index contributed by atoms with van der Waals surface area (Å²) in [5.74, 6) is 0. The number of anilines is 2. The van der Waals surface area contributed by atoms with Crippen LogP contribution in [-0.4, -0.2) is 26.7 Å². The highest BCUT2D eigenvalue weighted by atomic mass is 16.2. The lowest BCUT2D eigenvalue weighted by Gasteiger charge is -2.30. The van der Waals surface area contributed by atoms with Crippen molar-refractivity contribution in [3.05, 3.63) is 20.4 Å². The Balaban J connectivity index is 3.15. The fraction of sp³-hybridized carbons (Fsp3) is 0.636. The van der Waals surface area contributed by atoms with Crippen LogP contribution in [-0.2, 0) is 0 Å². The summed E-state index contributed by atoms with van der Waals surface area (Å²) in [6.07, 6.45) is 0. The first-order valence-electron chi connectivity index (χ1n) is 5.19. The van der Waals surface area contributed by atoms with Gasteiger partial charge in [0.15, 0.2) is 0 Å². The number of nitrogens with zero attached hydrogens (tertiary/aromatic N) is 2. The second kappa shape index (κ2) is 4.04. The van der Waals surface area contributed by atoms with Crippen LogP contribution in [0.1, 0.15) is 20.8 Å². The zero-order chi connectivity index (χ0) is 11.7. The maximum atomic E-state index is 11.5. The van der Waals surface area contributed by atoms with E-state index < -0.39 is 0 Å². The molecule has 0 aliphatic rings. The lowest BCUT2D eigenvalue weighted by Crippen LogP contribution is -2.46. The molecule has 0 aromatic heterocycles. The Morgan fingerprint density at radius 3 is 1.93 bits per heavy atom. The van der Waals surface area contributed by atoms with E-state index in [1.54, 1.807) is 0 Å². The second-order valence-corrected chi connectivity index (χ2v) is 4.07. The predicted molar refractivity (Wildman–Crippen MR) is 63.8 cm³/mol. The van der Waals surface area contributed by atoms with Crippen molar-refractivity contribution >= 4 is 11.4 Å². The van der Waals surface area contributed by atoms with E-state index >= 15 is 0 Å². The largest absolute Gasteiger partial charge is 0.370 e. The van der Waals surface area contributed by atoms with E-state index in [2.05, 4.69) is 0 Å². The Labute approximate surface area is 89.8 Å². The van der Waals surface area contributed by atoms with Gasteiger partial charge in [-0.25, -0.2) is 0 Å². The molecule has 15 heavy (non-hydrogen) atoms. The molecule has 0 unspecified atom stereocenters. The Hall–Kier alpha value is -1.32. The van der Waals surface area contributed by atoms with Crippen LogP contribution in [0.15, 0.2) is 9.59 Å². The number of rotatable bonds is 4. The summed E-state index contributed by atoms with van der Waals surface area (Å²) in [7, 11) is 3.67. The molecule has 0 atom stereocenters.